The Kier molecular flexibility index (Phi) is 5.80. The van der Waals surface area contributed by atoms with Crippen molar-refractivity contribution in [1.82, 2.24) is 0 Å². The number of ether oxygens (including phenoxy) is 1. The van der Waals surface area contributed by atoms with Crippen LogP contribution in [0.1, 0.15) is 50.2 Å². The van der Waals surface area contributed by atoms with Gasteiger partial charge in [0.1, 0.15) is 0 Å². The van der Waals surface area contributed by atoms with Gasteiger partial charge in [0.2, 0.25) is 0 Å². The number of benzene rings is 1. The van der Waals surface area contributed by atoms with Gasteiger partial charge < -0.3 is 15.6 Å². The van der Waals surface area contributed by atoms with Gasteiger partial charge in [0.05, 0.1) is 12.7 Å². The van der Waals surface area contributed by atoms with Gasteiger partial charge >= 0.3 is 0 Å². The molecular formula is C16H24FNO2. The summed E-state index contributed by atoms with van der Waals surface area (Å²) in [5.41, 5.74) is 5.67. The predicted octanol–water partition coefficient (Wildman–Crippen LogP) is 3.17. The summed E-state index contributed by atoms with van der Waals surface area (Å²) in [5.74, 6) is 0.314. The zero-order valence-electron chi connectivity index (χ0n) is 11.9. The van der Waals surface area contributed by atoms with E-state index in [2.05, 4.69) is 0 Å². The van der Waals surface area contributed by atoms with E-state index in [4.69, 9.17) is 10.5 Å². The van der Waals surface area contributed by atoms with E-state index in [-0.39, 0.29) is 11.3 Å². The van der Waals surface area contributed by atoms with Crippen LogP contribution in [0.4, 0.5) is 4.39 Å². The van der Waals surface area contributed by atoms with Crippen LogP contribution in [0.25, 0.3) is 0 Å². The average molecular weight is 281 g/mol. The lowest BCUT2D eigenvalue weighted by molar-refractivity contribution is 0.161. The molecule has 1 aliphatic carbocycles. The number of rotatable bonds is 6. The van der Waals surface area contributed by atoms with E-state index < -0.39 is 11.9 Å². The molecule has 3 N–H and O–H groups in total. The van der Waals surface area contributed by atoms with E-state index in [1.54, 1.807) is 18.2 Å². The van der Waals surface area contributed by atoms with Gasteiger partial charge in [0.15, 0.2) is 11.6 Å². The number of hydrogen-bond acceptors (Lipinski definition) is 3. The molecule has 1 atom stereocenters. The molecule has 0 amide bonds. The molecule has 0 saturated heterocycles. The molecular weight excluding hydrogens is 257 g/mol. The Morgan fingerprint density at radius 2 is 2.05 bits per heavy atom. The lowest BCUT2D eigenvalue weighted by atomic mass is 9.90. The number of halogens is 1. The zero-order chi connectivity index (χ0) is 14.4. The smallest absolute Gasteiger partial charge is 0.170 e. The third kappa shape index (κ3) is 3.93. The van der Waals surface area contributed by atoms with Crippen molar-refractivity contribution in [2.24, 2.45) is 11.7 Å². The fourth-order valence-corrected chi connectivity index (χ4v) is 2.77. The SMILES string of the molecule is NCCC(O)c1cccc(OCC2CCCCC2)c1F. The van der Waals surface area contributed by atoms with Gasteiger partial charge in [-0.3, -0.25) is 0 Å². The molecule has 0 aromatic heterocycles. The van der Waals surface area contributed by atoms with E-state index in [1.165, 1.54) is 19.3 Å². The largest absolute Gasteiger partial charge is 0.490 e. The summed E-state index contributed by atoms with van der Waals surface area (Å²) in [5, 5.41) is 9.87. The minimum Gasteiger partial charge on any atom is -0.490 e. The standard InChI is InChI=1S/C16H24FNO2/c17-16-13(14(19)9-10-18)7-4-8-15(16)20-11-12-5-2-1-3-6-12/h4,7-8,12,14,19H,1-3,5-6,9-11,18H2. The molecule has 112 valence electrons. The van der Waals surface area contributed by atoms with E-state index in [0.717, 1.165) is 12.8 Å². The highest BCUT2D eigenvalue weighted by atomic mass is 19.1. The molecule has 1 fully saturated rings. The van der Waals surface area contributed by atoms with Crippen molar-refractivity contribution < 1.29 is 14.2 Å². The molecule has 2 rings (SSSR count). The Balaban J connectivity index is 1.98. The first kappa shape index (κ1) is 15.3. The molecule has 1 aromatic rings. The quantitative estimate of drug-likeness (QED) is 0.842. The van der Waals surface area contributed by atoms with Crippen molar-refractivity contribution in [3.63, 3.8) is 0 Å². The Bertz CT molecular complexity index is 419. The van der Waals surface area contributed by atoms with E-state index in [9.17, 15) is 9.50 Å². The monoisotopic (exact) mass is 281 g/mol. The Labute approximate surface area is 119 Å². The van der Waals surface area contributed by atoms with Crippen molar-refractivity contribution in [1.29, 1.82) is 0 Å². The highest BCUT2D eigenvalue weighted by Gasteiger charge is 2.18. The fourth-order valence-electron chi connectivity index (χ4n) is 2.77. The van der Waals surface area contributed by atoms with Gasteiger partial charge in [-0.2, -0.15) is 0 Å². The maximum Gasteiger partial charge on any atom is 0.170 e. The lowest BCUT2D eigenvalue weighted by Crippen LogP contribution is -2.16. The average Bonchev–Trinajstić information content (AvgIpc) is 2.47. The third-order valence-corrected chi connectivity index (χ3v) is 3.99. The maximum atomic E-state index is 14.3. The highest BCUT2D eigenvalue weighted by molar-refractivity contribution is 5.32. The topological polar surface area (TPSA) is 55.5 Å². The highest BCUT2D eigenvalue weighted by Crippen LogP contribution is 2.29. The maximum absolute atomic E-state index is 14.3. The summed E-state index contributed by atoms with van der Waals surface area (Å²) in [6.07, 6.45) is 5.60. The second-order valence-electron chi connectivity index (χ2n) is 5.57. The number of aliphatic hydroxyl groups excluding tert-OH is 1. The van der Waals surface area contributed by atoms with Gasteiger partial charge in [-0.15, -0.1) is 0 Å². The van der Waals surface area contributed by atoms with Crippen LogP contribution in [0.2, 0.25) is 0 Å². The van der Waals surface area contributed by atoms with Crippen LogP contribution in [0.5, 0.6) is 5.75 Å². The number of aliphatic hydroxyl groups is 1. The normalized spacial score (nSPS) is 17.9. The van der Waals surface area contributed by atoms with Crippen molar-refractivity contribution in [3.8, 4) is 5.75 Å². The third-order valence-electron chi connectivity index (χ3n) is 3.99. The van der Waals surface area contributed by atoms with E-state index >= 15 is 0 Å². The second kappa shape index (κ2) is 7.60. The fraction of sp³-hybridized carbons (Fsp3) is 0.625. The summed E-state index contributed by atoms with van der Waals surface area (Å²) >= 11 is 0. The molecule has 20 heavy (non-hydrogen) atoms. The van der Waals surface area contributed by atoms with Crippen LogP contribution in [0.3, 0.4) is 0 Å². The van der Waals surface area contributed by atoms with Crippen LogP contribution < -0.4 is 10.5 Å². The van der Waals surface area contributed by atoms with E-state index in [1.807, 2.05) is 0 Å². The zero-order valence-corrected chi connectivity index (χ0v) is 11.9. The molecule has 0 bridgehead atoms. The second-order valence-corrected chi connectivity index (χ2v) is 5.57. The first-order chi connectivity index (χ1) is 9.72. The van der Waals surface area contributed by atoms with Crippen LogP contribution in [0.15, 0.2) is 18.2 Å². The molecule has 0 aliphatic heterocycles. The summed E-state index contributed by atoms with van der Waals surface area (Å²) in [7, 11) is 0. The molecule has 3 nitrogen and oxygen atoms in total. The van der Waals surface area contributed by atoms with Crippen LogP contribution in [0, 0.1) is 11.7 Å². The Morgan fingerprint density at radius 1 is 1.30 bits per heavy atom. The molecule has 4 heteroatoms. The number of hydrogen-bond donors (Lipinski definition) is 2. The van der Waals surface area contributed by atoms with Gasteiger partial charge in [-0.25, -0.2) is 4.39 Å². The van der Waals surface area contributed by atoms with Gasteiger partial charge in [0, 0.05) is 5.56 Å². The molecule has 1 unspecified atom stereocenters. The first-order valence-corrected chi connectivity index (χ1v) is 7.51. The van der Waals surface area contributed by atoms with Gasteiger partial charge in [-0.1, -0.05) is 31.4 Å². The molecule has 0 heterocycles. The summed E-state index contributed by atoms with van der Waals surface area (Å²) < 4.78 is 19.9. The number of nitrogens with two attached hydrogens (primary N) is 1. The van der Waals surface area contributed by atoms with Crippen LogP contribution >= 0.6 is 0 Å². The van der Waals surface area contributed by atoms with Crippen molar-refractivity contribution in [3.05, 3.63) is 29.6 Å². The van der Waals surface area contributed by atoms with E-state index in [0.29, 0.717) is 25.5 Å². The summed E-state index contributed by atoms with van der Waals surface area (Å²) in [6, 6.07) is 4.92. The van der Waals surface area contributed by atoms with Gasteiger partial charge in [0.25, 0.3) is 0 Å². The molecule has 1 saturated carbocycles. The molecule has 0 radical (unpaired) electrons. The minimum atomic E-state index is -0.863. The van der Waals surface area contributed by atoms with Crippen LogP contribution in [-0.2, 0) is 0 Å². The van der Waals surface area contributed by atoms with Crippen molar-refractivity contribution in [2.45, 2.75) is 44.6 Å². The van der Waals surface area contributed by atoms with Crippen molar-refractivity contribution >= 4 is 0 Å². The lowest BCUT2D eigenvalue weighted by Gasteiger charge is -2.22. The van der Waals surface area contributed by atoms with Crippen LogP contribution in [-0.4, -0.2) is 18.3 Å². The Morgan fingerprint density at radius 3 is 2.75 bits per heavy atom. The molecule has 0 spiro atoms. The predicted molar refractivity (Wildman–Crippen MR) is 77.1 cm³/mol. The Hall–Kier alpha value is -1.13. The first-order valence-electron chi connectivity index (χ1n) is 7.51. The minimum absolute atomic E-state index is 0.240. The summed E-state index contributed by atoms with van der Waals surface area (Å²) in [6.45, 7) is 0.890. The molecule has 1 aliphatic rings. The summed E-state index contributed by atoms with van der Waals surface area (Å²) in [4.78, 5) is 0. The molecule has 1 aromatic carbocycles. The van der Waals surface area contributed by atoms with Gasteiger partial charge in [-0.05, 0) is 37.8 Å². The van der Waals surface area contributed by atoms with Crippen molar-refractivity contribution in [2.75, 3.05) is 13.2 Å².